The molecule has 0 saturated carbocycles. The van der Waals surface area contributed by atoms with Crippen LogP contribution in [0.15, 0.2) is 82.1 Å². The highest BCUT2D eigenvalue weighted by Crippen LogP contribution is 2.36. The molecule has 13 heteroatoms. The van der Waals surface area contributed by atoms with Crippen molar-refractivity contribution < 1.29 is 40.2 Å². The standard InChI is InChI=1S/C25H19ClF4N2O5S/c1-2-36-14-17-13-32(38(34,35)18-9-6-15(27)7-10-18)21-12-16(8-11-22(21)37-17)31-24(33)23-19(25(28,29)30)4-3-5-20(23)26/h3-7,9-10,12,17H,2,13-14H2,1H3,(H,31,33). The highest BCUT2D eigenvalue weighted by molar-refractivity contribution is 7.89. The number of allylic oxidation sites excluding steroid dienone is 1. The van der Waals surface area contributed by atoms with E-state index in [4.69, 9.17) is 21.1 Å². The first-order chi connectivity index (χ1) is 17.9. The Morgan fingerprint density at radius 1 is 1.21 bits per heavy atom. The molecule has 1 heterocycles. The molecule has 4 rings (SSSR count). The minimum Gasteiger partial charge on any atom is -0.476 e. The molecule has 2 aliphatic rings. The van der Waals surface area contributed by atoms with E-state index < -0.39 is 50.2 Å². The van der Waals surface area contributed by atoms with Crippen LogP contribution in [0.25, 0.3) is 0 Å². The average Bonchev–Trinajstić information content (AvgIpc) is 2.86. The second kappa shape index (κ2) is 10.7. The van der Waals surface area contributed by atoms with Crippen molar-refractivity contribution in [2.24, 2.45) is 0 Å². The minimum absolute atomic E-state index is 0.0432. The highest BCUT2D eigenvalue weighted by Gasteiger charge is 2.39. The molecule has 0 spiro atoms. The molecule has 2 aromatic rings. The van der Waals surface area contributed by atoms with Crippen molar-refractivity contribution in [3.05, 3.63) is 99.1 Å². The highest BCUT2D eigenvalue weighted by atomic mass is 35.5. The lowest BCUT2D eigenvalue weighted by Gasteiger charge is -2.36. The summed E-state index contributed by atoms with van der Waals surface area (Å²) in [7, 11) is -4.27. The van der Waals surface area contributed by atoms with Crippen LogP contribution in [0.5, 0.6) is 0 Å². The number of hydrogen-bond donors (Lipinski definition) is 1. The fourth-order valence-electron chi connectivity index (χ4n) is 3.73. The topological polar surface area (TPSA) is 84.9 Å². The van der Waals surface area contributed by atoms with E-state index in [-0.39, 0.29) is 35.2 Å². The number of carbonyl (C=O) groups is 1. The van der Waals surface area contributed by atoms with Crippen LogP contribution < -0.4 is 5.32 Å². The predicted octanol–water partition coefficient (Wildman–Crippen LogP) is 4.77. The quantitative estimate of drug-likeness (QED) is 0.383. The third-order valence-corrected chi connectivity index (χ3v) is 7.56. The summed E-state index contributed by atoms with van der Waals surface area (Å²) in [5.74, 6) is -1.86. The summed E-state index contributed by atoms with van der Waals surface area (Å²) in [5, 5.41) is 1.84. The van der Waals surface area contributed by atoms with Gasteiger partial charge in [-0.15, -0.1) is 0 Å². The molecule has 0 radical (unpaired) electrons. The van der Waals surface area contributed by atoms with Gasteiger partial charge in [0, 0.05) is 6.61 Å². The Labute approximate surface area is 220 Å². The Morgan fingerprint density at radius 2 is 1.92 bits per heavy atom. The smallest absolute Gasteiger partial charge is 0.417 e. The number of rotatable bonds is 7. The molecule has 0 bridgehead atoms. The maximum Gasteiger partial charge on any atom is 0.417 e. The molecule has 0 aromatic heterocycles. The second-order valence-corrected chi connectivity index (χ2v) is 10.3. The number of sulfonamides is 1. The molecule has 1 aliphatic carbocycles. The Balaban J connectivity index is 1.73. The zero-order valence-electron chi connectivity index (χ0n) is 19.6. The van der Waals surface area contributed by atoms with Crippen molar-refractivity contribution >= 4 is 27.5 Å². The molecule has 1 fully saturated rings. The summed E-state index contributed by atoms with van der Waals surface area (Å²) in [4.78, 5) is 12.6. The van der Waals surface area contributed by atoms with Crippen LogP contribution in [0.1, 0.15) is 22.8 Å². The van der Waals surface area contributed by atoms with Crippen LogP contribution in [-0.4, -0.2) is 44.5 Å². The fourth-order valence-corrected chi connectivity index (χ4v) is 5.48. The van der Waals surface area contributed by atoms with Crippen molar-refractivity contribution in [1.29, 1.82) is 0 Å². The Morgan fingerprint density at radius 3 is 2.58 bits per heavy atom. The summed E-state index contributed by atoms with van der Waals surface area (Å²) in [6.45, 7) is 1.94. The number of hydrogen-bond acceptors (Lipinski definition) is 5. The van der Waals surface area contributed by atoms with Gasteiger partial charge in [0.1, 0.15) is 17.6 Å². The molecule has 1 aliphatic heterocycles. The van der Waals surface area contributed by atoms with Crippen molar-refractivity contribution in [2.45, 2.75) is 24.1 Å². The number of fused-ring (bicyclic) bond motifs is 1. The normalized spacial score (nSPS) is 17.2. The zero-order valence-corrected chi connectivity index (χ0v) is 21.2. The molecule has 7 nitrogen and oxygen atoms in total. The summed E-state index contributed by atoms with van der Waals surface area (Å²) < 4.78 is 92.9. The van der Waals surface area contributed by atoms with Gasteiger partial charge >= 0.3 is 6.18 Å². The Kier molecular flexibility index (Phi) is 7.73. The zero-order chi connectivity index (χ0) is 27.7. The van der Waals surface area contributed by atoms with E-state index in [1.807, 2.05) is 0 Å². The Bertz CT molecular complexity index is 1510. The van der Waals surface area contributed by atoms with Crippen LogP contribution in [0.2, 0.25) is 5.02 Å². The summed E-state index contributed by atoms with van der Waals surface area (Å²) in [6, 6.07) is 7.08. The van der Waals surface area contributed by atoms with Crippen molar-refractivity contribution in [3.63, 3.8) is 0 Å². The van der Waals surface area contributed by atoms with Crippen molar-refractivity contribution in [2.75, 3.05) is 19.8 Å². The van der Waals surface area contributed by atoms with Gasteiger partial charge in [0.15, 0.2) is 5.76 Å². The number of carbonyl (C=O) groups excluding carboxylic acids is 1. The monoisotopic (exact) mass is 570 g/mol. The second-order valence-electron chi connectivity index (χ2n) is 8.03. The van der Waals surface area contributed by atoms with E-state index in [1.54, 1.807) is 6.92 Å². The first-order valence-electron chi connectivity index (χ1n) is 11.1. The molecule has 200 valence electrons. The predicted molar refractivity (Wildman–Crippen MR) is 128 cm³/mol. The van der Waals surface area contributed by atoms with Gasteiger partial charge in [0.05, 0.1) is 39.9 Å². The molecule has 2 aromatic carbocycles. The molecule has 38 heavy (non-hydrogen) atoms. The van der Waals surface area contributed by atoms with Crippen LogP contribution in [0.3, 0.4) is 0 Å². The van der Waals surface area contributed by atoms with Gasteiger partial charge in [-0.2, -0.15) is 13.2 Å². The van der Waals surface area contributed by atoms with Crippen LogP contribution in [0, 0.1) is 5.82 Å². The van der Waals surface area contributed by atoms with Crippen molar-refractivity contribution in [3.8, 4) is 0 Å². The third kappa shape index (κ3) is 5.65. The van der Waals surface area contributed by atoms with Crippen LogP contribution in [0.4, 0.5) is 17.6 Å². The van der Waals surface area contributed by atoms with Crippen LogP contribution in [-0.2, 0) is 25.7 Å². The van der Waals surface area contributed by atoms with Gasteiger partial charge in [-0.05, 0) is 60.9 Å². The number of halogens is 5. The number of nitrogens with zero attached hydrogens (tertiary/aromatic N) is 1. The van der Waals surface area contributed by atoms with E-state index >= 15 is 0 Å². The van der Waals surface area contributed by atoms with E-state index in [2.05, 4.69) is 16.8 Å². The van der Waals surface area contributed by atoms with E-state index in [0.29, 0.717) is 12.7 Å². The maximum absolute atomic E-state index is 13.5. The van der Waals surface area contributed by atoms with E-state index in [1.165, 1.54) is 6.08 Å². The number of benzene rings is 2. The average molecular weight is 571 g/mol. The lowest BCUT2D eigenvalue weighted by molar-refractivity contribution is -0.137. The molecular formula is C25H19ClF4N2O5S. The molecule has 1 unspecified atom stereocenters. The number of amides is 1. The number of nitrogens with one attached hydrogen (secondary N) is 1. The lowest BCUT2D eigenvalue weighted by Crippen LogP contribution is -2.45. The molecule has 1 N–H and O–H groups in total. The van der Waals surface area contributed by atoms with Gasteiger partial charge in [-0.3, -0.25) is 9.10 Å². The Hall–Kier alpha value is -3.53. The van der Waals surface area contributed by atoms with Crippen LogP contribution >= 0.6 is 11.6 Å². The minimum atomic E-state index is -4.85. The molecule has 1 amide bonds. The molecule has 1 saturated heterocycles. The maximum atomic E-state index is 13.5. The van der Waals surface area contributed by atoms with Gasteiger partial charge in [0.2, 0.25) is 0 Å². The largest absolute Gasteiger partial charge is 0.476 e. The lowest BCUT2D eigenvalue weighted by atomic mass is 10.1. The number of alkyl halides is 3. The fraction of sp³-hybridized carbons (Fsp3) is 0.240. The number of morpholine rings is 1. The van der Waals surface area contributed by atoms with Crippen molar-refractivity contribution in [1.82, 2.24) is 9.62 Å². The van der Waals surface area contributed by atoms with Gasteiger partial charge < -0.3 is 14.8 Å². The number of ether oxygens (including phenoxy) is 2. The van der Waals surface area contributed by atoms with E-state index in [0.717, 1.165) is 40.7 Å². The van der Waals surface area contributed by atoms with Gasteiger partial charge in [-0.1, -0.05) is 17.7 Å². The van der Waals surface area contributed by atoms with Gasteiger partial charge in [-0.25, -0.2) is 12.8 Å². The summed E-state index contributed by atoms with van der Waals surface area (Å²) >= 11 is 5.91. The summed E-state index contributed by atoms with van der Waals surface area (Å²) in [6.07, 6.45) is -4.42. The SMILES string of the molecule is CCOCC1CN(S(=O)(=O)c2ccc(F)cc2)C2=CC(NC(=O)c3c(Cl)cccc3C(F)(F)F)=C=C=C2O1. The third-order valence-electron chi connectivity index (χ3n) is 5.45. The first-order valence-corrected chi connectivity index (χ1v) is 12.9. The van der Waals surface area contributed by atoms with Gasteiger partial charge in [0.25, 0.3) is 15.9 Å². The molecular weight excluding hydrogens is 552 g/mol. The summed E-state index contributed by atoms with van der Waals surface area (Å²) in [5.41, 5.74) is 2.85. The first kappa shape index (κ1) is 27.5. The van der Waals surface area contributed by atoms with E-state index in [9.17, 15) is 30.8 Å². The molecule has 1 atom stereocenters.